The van der Waals surface area contributed by atoms with Crippen LogP contribution in [-0.2, 0) is 0 Å². The Hall–Kier alpha value is -0.610. The number of hydrogen-bond donors (Lipinski definition) is 2. The average Bonchev–Trinajstić information content (AvgIpc) is 2.48. The molecule has 118 valence electrons. The minimum atomic E-state index is -0.123. The first kappa shape index (κ1) is 16.8. The second kappa shape index (κ2) is 8.14. The molecule has 0 bridgehead atoms. The molecule has 1 fully saturated rings. The van der Waals surface area contributed by atoms with Crippen LogP contribution in [0.3, 0.4) is 0 Å². The van der Waals surface area contributed by atoms with Crippen LogP contribution in [0, 0.1) is 5.92 Å². The highest BCUT2D eigenvalue weighted by Crippen LogP contribution is 2.22. The molecular formula is C17H27ClN2O. The lowest BCUT2D eigenvalue weighted by Crippen LogP contribution is -2.43. The fourth-order valence-corrected chi connectivity index (χ4v) is 3.19. The maximum absolute atomic E-state index is 9.81. The Balaban J connectivity index is 1.89. The van der Waals surface area contributed by atoms with E-state index in [-0.39, 0.29) is 6.10 Å². The van der Waals surface area contributed by atoms with Crippen LogP contribution in [0.25, 0.3) is 0 Å². The summed E-state index contributed by atoms with van der Waals surface area (Å²) in [7, 11) is 0. The van der Waals surface area contributed by atoms with Crippen molar-refractivity contribution in [3.05, 3.63) is 34.9 Å². The molecular weight excluding hydrogens is 284 g/mol. The van der Waals surface area contributed by atoms with Crippen LogP contribution < -0.4 is 5.32 Å². The van der Waals surface area contributed by atoms with Crippen molar-refractivity contribution < 1.29 is 5.11 Å². The molecule has 0 amide bonds. The molecule has 3 atom stereocenters. The van der Waals surface area contributed by atoms with Gasteiger partial charge in [0.25, 0.3) is 0 Å². The smallest absolute Gasteiger partial charge is 0.0590 e. The number of aliphatic hydroxyl groups is 1. The highest BCUT2D eigenvalue weighted by atomic mass is 35.5. The molecule has 1 aliphatic heterocycles. The average molecular weight is 311 g/mol. The molecule has 1 aromatic carbocycles. The molecule has 0 aliphatic carbocycles. The highest BCUT2D eigenvalue weighted by Gasteiger charge is 2.24. The third-order valence-electron chi connectivity index (χ3n) is 4.40. The van der Waals surface area contributed by atoms with E-state index in [9.17, 15) is 5.11 Å². The molecule has 4 heteroatoms. The Morgan fingerprint density at radius 1 is 1.38 bits per heavy atom. The van der Waals surface area contributed by atoms with Gasteiger partial charge in [-0.25, -0.2) is 0 Å². The lowest BCUT2D eigenvalue weighted by molar-refractivity contribution is 0.0337. The van der Waals surface area contributed by atoms with Gasteiger partial charge in [-0.1, -0.05) is 37.6 Å². The molecule has 1 heterocycles. The van der Waals surface area contributed by atoms with Gasteiger partial charge in [0, 0.05) is 24.2 Å². The number of likely N-dealkylation sites (tertiary alicyclic amines) is 1. The van der Waals surface area contributed by atoms with Crippen molar-refractivity contribution in [1.82, 2.24) is 10.2 Å². The summed E-state index contributed by atoms with van der Waals surface area (Å²) < 4.78 is 0. The second-order valence-corrected chi connectivity index (χ2v) is 6.52. The Bertz CT molecular complexity index is 423. The van der Waals surface area contributed by atoms with Gasteiger partial charge in [-0.3, -0.25) is 0 Å². The summed E-state index contributed by atoms with van der Waals surface area (Å²) in [4.78, 5) is 2.47. The number of hydrogen-bond acceptors (Lipinski definition) is 3. The van der Waals surface area contributed by atoms with E-state index in [4.69, 9.17) is 11.6 Å². The van der Waals surface area contributed by atoms with E-state index in [0.29, 0.717) is 12.0 Å². The van der Waals surface area contributed by atoms with Crippen LogP contribution >= 0.6 is 11.6 Å². The van der Waals surface area contributed by atoms with Gasteiger partial charge in [-0.2, -0.15) is 0 Å². The number of aliphatic hydroxyl groups excluding tert-OH is 1. The van der Waals surface area contributed by atoms with Gasteiger partial charge in [0.2, 0.25) is 0 Å². The summed E-state index contributed by atoms with van der Waals surface area (Å²) in [6.45, 7) is 8.31. The fraction of sp³-hybridized carbons (Fsp3) is 0.647. The minimum absolute atomic E-state index is 0.123. The van der Waals surface area contributed by atoms with Gasteiger partial charge < -0.3 is 15.3 Å². The van der Waals surface area contributed by atoms with E-state index in [1.165, 1.54) is 5.56 Å². The van der Waals surface area contributed by atoms with Crippen LogP contribution in [0.1, 0.15) is 38.3 Å². The first-order valence-corrected chi connectivity index (χ1v) is 8.37. The molecule has 0 aromatic heterocycles. The monoisotopic (exact) mass is 310 g/mol. The lowest BCUT2D eigenvalue weighted by atomic mass is 9.96. The van der Waals surface area contributed by atoms with Crippen molar-refractivity contribution in [2.24, 2.45) is 5.92 Å². The third-order valence-corrected chi connectivity index (χ3v) is 4.65. The molecule has 2 N–H and O–H groups in total. The van der Waals surface area contributed by atoms with Crippen LogP contribution in [0.4, 0.5) is 0 Å². The van der Waals surface area contributed by atoms with Gasteiger partial charge in [0.1, 0.15) is 0 Å². The number of piperidine rings is 1. The highest BCUT2D eigenvalue weighted by molar-refractivity contribution is 6.30. The molecule has 3 unspecified atom stereocenters. The summed E-state index contributed by atoms with van der Waals surface area (Å²) in [6, 6.07) is 8.51. The predicted octanol–water partition coefficient (Wildman–Crippen LogP) is 3.08. The molecule has 3 nitrogen and oxygen atoms in total. The minimum Gasteiger partial charge on any atom is -0.393 e. The maximum atomic E-state index is 9.81. The van der Waals surface area contributed by atoms with E-state index < -0.39 is 0 Å². The zero-order valence-electron chi connectivity index (χ0n) is 13.1. The van der Waals surface area contributed by atoms with Gasteiger partial charge in [-0.05, 0) is 49.5 Å². The van der Waals surface area contributed by atoms with Crippen molar-refractivity contribution in [3.8, 4) is 0 Å². The zero-order valence-corrected chi connectivity index (χ0v) is 13.8. The molecule has 0 spiro atoms. The first-order valence-electron chi connectivity index (χ1n) is 7.99. The molecule has 1 saturated heterocycles. The van der Waals surface area contributed by atoms with Crippen LogP contribution in [0.15, 0.2) is 24.3 Å². The summed E-state index contributed by atoms with van der Waals surface area (Å²) >= 11 is 5.97. The van der Waals surface area contributed by atoms with Gasteiger partial charge in [-0.15, -0.1) is 0 Å². The quantitative estimate of drug-likeness (QED) is 0.847. The van der Waals surface area contributed by atoms with Crippen molar-refractivity contribution in [1.29, 1.82) is 0 Å². The van der Waals surface area contributed by atoms with Crippen molar-refractivity contribution in [3.63, 3.8) is 0 Å². The maximum Gasteiger partial charge on any atom is 0.0590 e. The Labute approximate surface area is 133 Å². The first-order chi connectivity index (χ1) is 10.1. The molecule has 0 radical (unpaired) electrons. The molecule has 1 aromatic rings. The van der Waals surface area contributed by atoms with E-state index in [2.05, 4.69) is 36.2 Å². The van der Waals surface area contributed by atoms with Crippen LogP contribution in [-0.4, -0.2) is 42.3 Å². The normalized spacial score (nSPS) is 25.0. The summed E-state index contributed by atoms with van der Waals surface area (Å²) in [5.41, 5.74) is 1.30. The van der Waals surface area contributed by atoms with Crippen LogP contribution in [0.5, 0.6) is 0 Å². The van der Waals surface area contributed by atoms with Gasteiger partial charge in [0.15, 0.2) is 0 Å². The molecule has 1 aliphatic rings. The number of benzene rings is 1. The van der Waals surface area contributed by atoms with Crippen molar-refractivity contribution in [2.75, 3.05) is 26.2 Å². The zero-order chi connectivity index (χ0) is 15.2. The van der Waals surface area contributed by atoms with Crippen molar-refractivity contribution >= 4 is 11.6 Å². The summed E-state index contributed by atoms with van der Waals surface area (Å²) in [5, 5.41) is 14.2. The second-order valence-electron chi connectivity index (χ2n) is 6.08. The number of halogens is 1. The Morgan fingerprint density at radius 2 is 2.10 bits per heavy atom. The molecule has 2 rings (SSSR count). The van der Waals surface area contributed by atoms with Crippen LogP contribution in [0.2, 0.25) is 5.02 Å². The van der Waals surface area contributed by atoms with E-state index in [1.54, 1.807) is 0 Å². The lowest BCUT2D eigenvalue weighted by Gasteiger charge is -2.35. The van der Waals surface area contributed by atoms with Gasteiger partial charge in [0.05, 0.1) is 6.10 Å². The Morgan fingerprint density at radius 3 is 2.71 bits per heavy atom. The number of rotatable bonds is 6. The number of nitrogens with zero attached hydrogens (tertiary/aromatic N) is 1. The van der Waals surface area contributed by atoms with Gasteiger partial charge >= 0.3 is 0 Å². The summed E-state index contributed by atoms with van der Waals surface area (Å²) in [6.07, 6.45) is 1.86. The third kappa shape index (κ3) is 4.96. The SMILES string of the molecule is CCNC(CCN1CCC(O)C(C)C1)c1ccc(Cl)cc1. The van der Waals surface area contributed by atoms with E-state index in [0.717, 1.165) is 44.0 Å². The fourth-order valence-electron chi connectivity index (χ4n) is 3.06. The number of nitrogens with one attached hydrogen (secondary N) is 1. The topological polar surface area (TPSA) is 35.5 Å². The molecule has 21 heavy (non-hydrogen) atoms. The standard InChI is InChI=1S/C17H27ClN2O/c1-3-19-16(14-4-6-15(18)7-5-14)8-10-20-11-9-17(21)13(2)12-20/h4-7,13,16-17,19,21H,3,8-12H2,1-2H3. The summed E-state index contributed by atoms with van der Waals surface area (Å²) in [5.74, 6) is 0.381. The predicted molar refractivity (Wildman–Crippen MR) is 88.7 cm³/mol. The van der Waals surface area contributed by atoms with E-state index >= 15 is 0 Å². The van der Waals surface area contributed by atoms with E-state index in [1.807, 2.05) is 12.1 Å². The van der Waals surface area contributed by atoms with Crippen molar-refractivity contribution in [2.45, 2.75) is 38.8 Å². The largest absolute Gasteiger partial charge is 0.393 e. The molecule has 0 saturated carbocycles. The Kier molecular flexibility index (Phi) is 6.49.